The number of anilines is 1. The molecule has 0 fully saturated rings. The van der Waals surface area contributed by atoms with Gasteiger partial charge in [0.1, 0.15) is 0 Å². The topological polar surface area (TPSA) is 46.3 Å². The van der Waals surface area contributed by atoms with Crippen molar-refractivity contribution in [2.45, 2.75) is 32.6 Å². The lowest BCUT2D eigenvalue weighted by atomic mass is 9.92. The summed E-state index contributed by atoms with van der Waals surface area (Å²) in [6.45, 7) is 4.93. The predicted octanol–water partition coefficient (Wildman–Crippen LogP) is 2.84. The van der Waals surface area contributed by atoms with E-state index in [1.807, 2.05) is 24.0 Å². The highest BCUT2D eigenvalue weighted by Gasteiger charge is 2.26. The van der Waals surface area contributed by atoms with Gasteiger partial charge in [0, 0.05) is 18.5 Å². The van der Waals surface area contributed by atoms with Crippen LogP contribution in [0.1, 0.15) is 36.8 Å². The molecule has 0 radical (unpaired) electrons. The zero-order chi connectivity index (χ0) is 13.3. The molecule has 2 rings (SSSR count). The summed E-state index contributed by atoms with van der Waals surface area (Å²) in [4.78, 5) is 13.7. The lowest BCUT2D eigenvalue weighted by molar-refractivity contribution is -0.116. The van der Waals surface area contributed by atoms with Crippen LogP contribution >= 0.6 is 11.6 Å². The highest BCUT2D eigenvalue weighted by molar-refractivity contribution is 6.31. The lowest BCUT2D eigenvalue weighted by Crippen LogP contribution is -2.30. The Kier molecular flexibility index (Phi) is 3.93. The molecule has 0 saturated heterocycles. The molecule has 0 bridgehead atoms. The Bertz CT molecular complexity index is 473. The van der Waals surface area contributed by atoms with Gasteiger partial charge in [-0.2, -0.15) is 0 Å². The van der Waals surface area contributed by atoms with Crippen molar-refractivity contribution < 1.29 is 4.79 Å². The Hall–Kier alpha value is -1.06. The van der Waals surface area contributed by atoms with Gasteiger partial charge in [-0.25, -0.2) is 0 Å². The number of nitrogens with two attached hydrogens (primary N) is 1. The number of benzene rings is 1. The van der Waals surface area contributed by atoms with Crippen LogP contribution < -0.4 is 10.6 Å². The Morgan fingerprint density at radius 3 is 2.89 bits per heavy atom. The SMILES string of the molecule is CC(=O)N1CCCC(CN)c2ccc(Cl)c(C)c21. The first-order valence-electron chi connectivity index (χ1n) is 6.33. The maximum atomic E-state index is 11.8. The van der Waals surface area contributed by atoms with Crippen molar-refractivity contribution in [3.8, 4) is 0 Å². The first kappa shape index (κ1) is 13.4. The van der Waals surface area contributed by atoms with Crippen LogP contribution in [0.5, 0.6) is 0 Å². The third-order valence-corrected chi connectivity index (χ3v) is 4.11. The van der Waals surface area contributed by atoms with Gasteiger partial charge in [-0.15, -0.1) is 0 Å². The summed E-state index contributed by atoms with van der Waals surface area (Å²) in [5.41, 5.74) is 8.97. The van der Waals surface area contributed by atoms with Crippen molar-refractivity contribution in [1.82, 2.24) is 0 Å². The van der Waals surface area contributed by atoms with Crippen molar-refractivity contribution in [3.63, 3.8) is 0 Å². The lowest BCUT2D eigenvalue weighted by Gasteiger charge is -2.25. The van der Waals surface area contributed by atoms with Crippen molar-refractivity contribution in [2.75, 3.05) is 18.0 Å². The quantitative estimate of drug-likeness (QED) is 0.850. The van der Waals surface area contributed by atoms with E-state index in [0.29, 0.717) is 17.5 Å². The van der Waals surface area contributed by atoms with Crippen LogP contribution in [0, 0.1) is 6.92 Å². The molecule has 3 nitrogen and oxygen atoms in total. The number of rotatable bonds is 1. The molecule has 0 aromatic heterocycles. The number of halogens is 1. The fraction of sp³-hybridized carbons (Fsp3) is 0.500. The Balaban J connectivity index is 2.62. The molecule has 1 heterocycles. The zero-order valence-electron chi connectivity index (χ0n) is 10.9. The second-order valence-electron chi connectivity index (χ2n) is 4.86. The van der Waals surface area contributed by atoms with Crippen LogP contribution in [0.3, 0.4) is 0 Å². The van der Waals surface area contributed by atoms with Crippen molar-refractivity contribution in [1.29, 1.82) is 0 Å². The Morgan fingerprint density at radius 2 is 2.28 bits per heavy atom. The summed E-state index contributed by atoms with van der Waals surface area (Å²) in [6, 6.07) is 3.92. The smallest absolute Gasteiger partial charge is 0.223 e. The Labute approximate surface area is 113 Å². The molecule has 0 saturated carbocycles. The fourth-order valence-corrected chi connectivity index (χ4v) is 2.86. The second kappa shape index (κ2) is 5.29. The van der Waals surface area contributed by atoms with Gasteiger partial charge >= 0.3 is 0 Å². The van der Waals surface area contributed by atoms with Crippen molar-refractivity contribution in [2.24, 2.45) is 5.73 Å². The molecule has 1 aliphatic heterocycles. The van der Waals surface area contributed by atoms with E-state index in [0.717, 1.165) is 36.2 Å². The van der Waals surface area contributed by atoms with E-state index in [1.165, 1.54) is 0 Å². The number of amides is 1. The number of carbonyl (C=O) groups is 1. The molecule has 1 unspecified atom stereocenters. The number of hydrogen-bond donors (Lipinski definition) is 1. The number of nitrogens with zero attached hydrogens (tertiary/aromatic N) is 1. The minimum absolute atomic E-state index is 0.0688. The van der Waals surface area contributed by atoms with Gasteiger partial charge in [-0.1, -0.05) is 17.7 Å². The number of fused-ring (bicyclic) bond motifs is 1. The van der Waals surface area contributed by atoms with Crippen LogP contribution in [0.25, 0.3) is 0 Å². The van der Waals surface area contributed by atoms with Crippen LogP contribution in [0.4, 0.5) is 5.69 Å². The van der Waals surface area contributed by atoms with Crippen molar-refractivity contribution in [3.05, 3.63) is 28.3 Å². The summed E-state index contributed by atoms with van der Waals surface area (Å²) < 4.78 is 0. The van der Waals surface area contributed by atoms with E-state index in [4.69, 9.17) is 17.3 Å². The maximum absolute atomic E-state index is 11.8. The number of hydrogen-bond acceptors (Lipinski definition) is 2. The molecule has 0 aliphatic carbocycles. The van der Waals surface area contributed by atoms with E-state index >= 15 is 0 Å². The molecule has 98 valence electrons. The largest absolute Gasteiger partial charge is 0.330 e. The summed E-state index contributed by atoms with van der Waals surface area (Å²) in [6.07, 6.45) is 2.00. The molecule has 1 aromatic carbocycles. The van der Waals surface area contributed by atoms with Crippen molar-refractivity contribution >= 4 is 23.2 Å². The standard InChI is InChI=1S/C14H19ClN2O/c1-9-13(15)6-5-12-11(8-16)4-3-7-17(10(2)18)14(9)12/h5-6,11H,3-4,7-8,16H2,1-2H3. The second-order valence-corrected chi connectivity index (χ2v) is 5.26. The van der Waals surface area contributed by atoms with Gasteiger partial charge in [0.15, 0.2) is 0 Å². The van der Waals surface area contributed by atoms with E-state index < -0.39 is 0 Å². The maximum Gasteiger partial charge on any atom is 0.223 e. The number of carbonyl (C=O) groups excluding carboxylic acids is 1. The highest BCUT2D eigenvalue weighted by atomic mass is 35.5. The summed E-state index contributed by atoms with van der Waals surface area (Å²) in [5.74, 6) is 0.389. The monoisotopic (exact) mass is 266 g/mol. The molecule has 0 spiro atoms. The van der Waals surface area contributed by atoms with Gasteiger partial charge in [0.25, 0.3) is 0 Å². The molecule has 1 aliphatic rings. The van der Waals surface area contributed by atoms with E-state index in [9.17, 15) is 4.79 Å². The molecule has 1 atom stereocenters. The molecule has 1 aromatic rings. The summed E-state index contributed by atoms with van der Waals surface area (Å²) >= 11 is 6.19. The molecular weight excluding hydrogens is 248 g/mol. The van der Waals surface area contributed by atoms with Gasteiger partial charge < -0.3 is 10.6 Å². The molecule has 18 heavy (non-hydrogen) atoms. The van der Waals surface area contributed by atoms with E-state index in [-0.39, 0.29) is 5.91 Å². The fourth-order valence-electron chi connectivity index (χ4n) is 2.71. The molecule has 1 amide bonds. The average molecular weight is 267 g/mol. The van der Waals surface area contributed by atoms with Gasteiger partial charge in [0.05, 0.1) is 5.69 Å². The van der Waals surface area contributed by atoms with E-state index in [2.05, 4.69) is 0 Å². The van der Waals surface area contributed by atoms with Crippen LogP contribution in [0.15, 0.2) is 12.1 Å². The first-order chi connectivity index (χ1) is 8.56. The van der Waals surface area contributed by atoms with Gasteiger partial charge in [0.2, 0.25) is 5.91 Å². The van der Waals surface area contributed by atoms with Gasteiger partial charge in [-0.05, 0) is 49.4 Å². The highest BCUT2D eigenvalue weighted by Crippen LogP contribution is 2.39. The minimum atomic E-state index is 0.0688. The normalized spacial score (nSPS) is 19.3. The first-order valence-corrected chi connectivity index (χ1v) is 6.71. The zero-order valence-corrected chi connectivity index (χ0v) is 11.6. The Morgan fingerprint density at radius 1 is 1.56 bits per heavy atom. The average Bonchev–Trinajstić information content (AvgIpc) is 2.53. The van der Waals surface area contributed by atoms with E-state index in [1.54, 1.807) is 6.92 Å². The summed E-state index contributed by atoms with van der Waals surface area (Å²) in [7, 11) is 0. The molecule has 4 heteroatoms. The minimum Gasteiger partial charge on any atom is -0.330 e. The van der Waals surface area contributed by atoms with Crippen LogP contribution in [-0.2, 0) is 4.79 Å². The predicted molar refractivity (Wildman–Crippen MR) is 75.2 cm³/mol. The van der Waals surface area contributed by atoms with Gasteiger partial charge in [-0.3, -0.25) is 4.79 Å². The third kappa shape index (κ3) is 2.25. The molecule has 2 N–H and O–H groups in total. The van der Waals surface area contributed by atoms with Crippen LogP contribution in [0.2, 0.25) is 5.02 Å². The third-order valence-electron chi connectivity index (χ3n) is 3.70. The van der Waals surface area contributed by atoms with Crippen LogP contribution in [-0.4, -0.2) is 19.0 Å². The summed E-state index contributed by atoms with van der Waals surface area (Å²) in [5, 5.41) is 0.706. The molecular formula is C14H19ClN2O.